The van der Waals surface area contributed by atoms with E-state index in [1.54, 1.807) is 58.6 Å². The zero-order valence-electron chi connectivity index (χ0n) is 14.1. The molecule has 0 aliphatic heterocycles. The van der Waals surface area contributed by atoms with Crippen molar-refractivity contribution in [1.29, 1.82) is 0 Å². The molecular formula is C18H16N4O4. The summed E-state index contributed by atoms with van der Waals surface area (Å²) in [6.45, 7) is 3.61. The zero-order valence-corrected chi connectivity index (χ0v) is 14.1. The second-order valence-electron chi connectivity index (χ2n) is 5.61. The van der Waals surface area contributed by atoms with E-state index >= 15 is 0 Å². The molecule has 0 atom stereocenters. The molecule has 0 fully saturated rings. The Labute approximate surface area is 148 Å². The Balaban J connectivity index is 0.000000151. The van der Waals surface area contributed by atoms with Crippen molar-refractivity contribution >= 4 is 23.1 Å². The van der Waals surface area contributed by atoms with Gasteiger partial charge in [-0.25, -0.2) is 19.6 Å². The number of hydrogen-bond donors (Lipinski definition) is 2. The Morgan fingerprint density at radius 1 is 0.962 bits per heavy atom. The lowest BCUT2D eigenvalue weighted by molar-refractivity contribution is 0.0684. The molecule has 8 heteroatoms. The van der Waals surface area contributed by atoms with E-state index in [2.05, 4.69) is 9.97 Å². The van der Waals surface area contributed by atoms with Crippen LogP contribution in [0.4, 0.5) is 0 Å². The van der Waals surface area contributed by atoms with Crippen molar-refractivity contribution < 1.29 is 19.8 Å². The molecule has 0 aromatic carbocycles. The van der Waals surface area contributed by atoms with Gasteiger partial charge in [-0.1, -0.05) is 6.07 Å². The third-order valence-electron chi connectivity index (χ3n) is 3.76. The number of fused-ring (bicyclic) bond motifs is 2. The number of nitrogens with zero attached hydrogens (tertiary/aromatic N) is 4. The minimum absolute atomic E-state index is 0.109. The lowest BCUT2D eigenvalue weighted by Crippen LogP contribution is -1.99. The molecule has 0 bridgehead atoms. The molecule has 4 heterocycles. The summed E-state index contributed by atoms with van der Waals surface area (Å²) in [4.78, 5) is 29.6. The number of carbonyl (C=O) groups is 2. The molecule has 0 aliphatic carbocycles. The van der Waals surface area contributed by atoms with E-state index in [0.29, 0.717) is 17.0 Å². The van der Waals surface area contributed by atoms with Crippen molar-refractivity contribution in [2.75, 3.05) is 0 Å². The minimum Gasteiger partial charge on any atom is -0.478 e. The van der Waals surface area contributed by atoms with E-state index in [1.165, 1.54) is 0 Å². The van der Waals surface area contributed by atoms with Crippen LogP contribution in [0, 0.1) is 13.8 Å². The number of aromatic carboxylic acids is 2. The second kappa shape index (κ2) is 6.67. The quantitative estimate of drug-likeness (QED) is 0.574. The number of carboxylic acids is 2. The van der Waals surface area contributed by atoms with Crippen molar-refractivity contribution in [2.45, 2.75) is 13.8 Å². The van der Waals surface area contributed by atoms with E-state index in [0.717, 1.165) is 5.69 Å². The van der Waals surface area contributed by atoms with E-state index in [1.807, 2.05) is 13.0 Å². The highest BCUT2D eigenvalue weighted by molar-refractivity contribution is 5.94. The maximum Gasteiger partial charge on any atom is 0.356 e. The first-order valence-electron chi connectivity index (χ1n) is 7.73. The molecule has 4 aromatic rings. The Kier molecular flexibility index (Phi) is 4.40. The average molecular weight is 352 g/mol. The lowest BCUT2D eigenvalue weighted by atomic mass is 10.3. The van der Waals surface area contributed by atoms with Crippen LogP contribution in [0.25, 0.3) is 11.2 Å². The van der Waals surface area contributed by atoms with Gasteiger partial charge in [-0.05, 0) is 38.1 Å². The molecule has 0 unspecified atom stereocenters. The highest BCUT2D eigenvalue weighted by atomic mass is 16.4. The number of pyridine rings is 2. The molecule has 0 saturated carbocycles. The monoisotopic (exact) mass is 352 g/mol. The fourth-order valence-electron chi connectivity index (χ4n) is 2.65. The standard InChI is InChI=1S/2C9H8N2O2/c1-6-5-11-4-2-3-7(9(12)13)8(11)10-6;1-6-10-8(9(12)13)7-4-2-3-5-11(6)7/h2*2-5H,1H3,(H,12,13). The van der Waals surface area contributed by atoms with Gasteiger partial charge in [0.15, 0.2) is 11.3 Å². The lowest BCUT2D eigenvalue weighted by Gasteiger charge is -1.96. The predicted molar refractivity (Wildman–Crippen MR) is 93.8 cm³/mol. The molecule has 26 heavy (non-hydrogen) atoms. The normalized spacial score (nSPS) is 10.5. The second-order valence-corrected chi connectivity index (χ2v) is 5.61. The Morgan fingerprint density at radius 3 is 2.42 bits per heavy atom. The number of aryl methyl sites for hydroxylation is 2. The van der Waals surface area contributed by atoms with Gasteiger partial charge in [0.25, 0.3) is 0 Å². The maximum atomic E-state index is 10.8. The molecule has 4 rings (SSSR count). The Hall–Kier alpha value is -3.68. The van der Waals surface area contributed by atoms with E-state index < -0.39 is 11.9 Å². The first kappa shape index (κ1) is 17.2. The highest BCUT2D eigenvalue weighted by Gasteiger charge is 2.13. The van der Waals surface area contributed by atoms with Gasteiger partial charge in [0.05, 0.1) is 11.2 Å². The van der Waals surface area contributed by atoms with E-state index in [4.69, 9.17) is 10.2 Å². The minimum atomic E-state index is -0.989. The smallest absolute Gasteiger partial charge is 0.356 e. The molecule has 8 nitrogen and oxygen atoms in total. The van der Waals surface area contributed by atoms with Gasteiger partial charge in [-0.3, -0.25) is 0 Å². The Bertz CT molecular complexity index is 1130. The number of carboxylic acid groups (broad SMARTS) is 2. The van der Waals surface area contributed by atoms with Crippen LogP contribution < -0.4 is 0 Å². The summed E-state index contributed by atoms with van der Waals surface area (Å²) in [6.07, 6.45) is 5.37. The van der Waals surface area contributed by atoms with E-state index in [9.17, 15) is 9.59 Å². The van der Waals surface area contributed by atoms with Crippen LogP contribution in [0.1, 0.15) is 32.4 Å². The summed E-state index contributed by atoms with van der Waals surface area (Å²) in [6, 6.07) is 8.61. The van der Waals surface area contributed by atoms with Gasteiger partial charge < -0.3 is 19.0 Å². The van der Waals surface area contributed by atoms with Crippen molar-refractivity contribution in [3.8, 4) is 0 Å². The van der Waals surface area contributed by atoms with Crippen molar-refractivity contribution in [2.24, 2.45) is 0 Å². The number of imidazole rings is 2. The van der Waals surface area contributed by atoms with Crippen LogP contribution in [-0.2, 0) is 0 Å². The topological polar surface area (TPSA) is 109 Å². The maximum absolute atomic E-state index is 10.8. The van der Waals surface area contributed by atoms with Crippen molar-refractivity contribution in [1.82, 2.24) is 18.8 Å². The van der Waals surface area contributed by atoms with Crippen LogP contribution >= 0.6 is 0 Å². The van der Waals surface area contributed by atoms with E-state index in [-0.39, 0.29) is 11.3 Å². The number of aromatic nitrogens is 4. The SMILES string of the molecule is Cc1cn2cccc(C(=O)O)c2n1.Cc1nc(C(=O)O)c2ccccn12. The molecule has 0 saturated heterocycles. The summed E-state index contributed by atoms with van der Waals surface area (Å²) >= 11 is 0. The van der Waals surface area contributed by atoms with Gasteiger partial charge >= 0.3 is 11.9 Å². The molecule has 0 spiro atoms. The van der Waals surface area contributed by atoms with Crippen LogP contribution in [-0.4, -0.2) is 40.9 Å². The molecule has 4 aromatic heterocycles. The van der Waals surface area contributed by atoms with Gasteiger partial charge in [0.2, 0.25) is 0 Å². The predicted octanol–water partition coefficient (Wildman–Crippen LogP) is 2.68. The summed E-state index contributed by atoms with van der Waals surface area (Å²) in [5, 5.41) is 17.7. The van der Waals surface area contributed by atoms with Crippen LogP contribution in [0.3, 0.4) is 0 Å². The fourth-order valence-corrected chi connectivity index (χ4v) is 2.65. The van der Waals surface area contributed by atoms with Crippen LogP contribution in [0.15, 0.2) is 48.9 Å². The summed E-state index contributed by atoms with van der Waals surface area (Å²) in [5.74, 6) is -1.25. The van der Waals surface area contributed by atoms with Crippen molar-refractivity contribution in [3.05, 3.63) is 71.7 Å². The molecule has 0 aliphatic rings. The Morgan fingerprint density at radius 2 is 1.73 bits per heavy atom. The average Bonchev–Trinajstić information content (AvgIpc) is 3.15. The third kappa shape index (κ3) is 3.12. The van der Waals surface area contributed by atoms with Crippen LogP contribution in [0.5, 0.6) is 0 Å². The largest absolute Gasteiger partial charge is 0.478 e. The first-order chi connectivity index (χ1) is 12.4. The van der Waals surface area contributed by atoms with Gasteiger partial charge in [-0.15, -0.1) is 0 Å². The first-order valence-corrected chi connectivity index (χ1v) is 7.73. The van der Waals surface area contributed by atoms with Gasteiger partial charge in [-0.2, -0.15) is 0 Å². The summed E-state index contributed by atoms with van der Waals surface area (Å²) < 4.78 is 3.46. The number of hydrogen-bond acceptors (Lipinski definition) is 4. The molecule has 0 amide bonds. The third-order valence-corrected chi connectivity index (χ3v) is 3.76. The molecule has 132 valence electrons. The molecule has 0 radical (unpaired) electrons. The van der Waals surface area contributed by atoms with Gasteiger partial charge in [0.1, 0.15) is 11.4 Å². The van der Waals surface area contributed by atoms with Crippen LogP contribution in [0.2, 0.25) is 0 Å². The van der Waals surface area contributed by atoms with Crippen molar-refractivity contribution in [3.63, 3.8) is 0 Å². The van der Waals surface area contributed by atoms with Gasteiger partial charge in [0, 0.05) is 18.6 Å². The molecular weight excluding hydrogens is 336 g/mol. The fraction of sp³-hybridized carbons (Fsp3) is 0.111. The molecule has 2 N–H and O–H groups in total. The summed E-state index contributed by atoms with van der Waals surface area (Å²) in [5.41, 5.74) is 2.28. The highest BCUT2D eigenvalue weighted by Crippen LogP contribution is 2.12. The number of rotatable bonds is 2. The summed E-state index contributed by atoms with van der Waals surface area (Å²) in [7, 11) is 0. The zero-order chi connectivity index (χ0) is 18.8.